The van der Waals surface area contributed by atoms with Crippen molar-refractivity contribution in [3.8, 4) is 0 Å². The Hall–Kier alpha value is 0.154. The molecular weight excluding hydrogens is 248 g/mol. The summed E-state index contributed by atoms with van der Waals surface area (Å²) in [6.45, 7) is 0. The molecule has 12 heavy (non-hydrogen) atoms. The maximum Gasteiger partial charge on any atom is 2.00 e. The fraction of sp³-hybridized carbons (Fsp3) is 0.200. The monoisotopic (exact) mass is 258 g/mol. The summed E-state index contributed by atoms with van der Waals surface area (Å²) in [7, 11) is 0. The van der Waals surface area contributed by atoms with Crippen LogP contribution in [-0.2, 0) is 21.7 Å². The van der Waals surface area contributed by atoms with Crippen LogP contribution in [0.3, 0.4) is 0 Å². The van der Waals surface area contributed by atoms with Crippen LogP contribution in [-0.4, -0.2) is 0 Å². The van der Waals surface area contributed by atoms with Gasteiger partial charge in [0.15, 0.2) is 0 Å². The van der Waals surface area contributed by atoms with Gasteiger partial charge in [0.05, 0.1) is 0 Å². The summed E-state index contributed by atoms with van der Waals surface area (Å²) in [5, 5.41) is 0. The summed E-state index contributed by atoms with van der Waals surface area (Å²) in [5.74, 6) is 0. The summed E-state index contributed by atoms with van der Waals surface area (Å²) in [6.07, 6.45) is 20.0. The third-order valence-electron chi connectivity index (χ3n) is 1.17. The smallest absolute Gasteiger partial charge is 0.273 e. The summed E-state index contributed by atoms with van der Waals surface area (Å²) in [6, 6.07) is 0. The van der Waals surface area contributed by atoms with E-state index in [0.29, 0.717) is 0 Å². The van der Waals surface area contributed by atoms with Crippen LogP contribution in [0, 0.1) is 12.2 Å². The van der Waals surface area contributed by atoms with Gasteiger partial charge in [-0.3, -0.25) is 12.2 Å². The molecule has 0 aromatic heterocycles. The number of hydrogen-bond donors (Lipinski definition) is 0. The van der Waals surface area contributed by atoms with E-state index in [0.717, 1.165) is 12.8 Å². The summed E-state index contributed by atoms with van der Waals surface area (Å²) in [5.41, 5.74) is 0. The molecule has 62 valence electrons. The van der Waals surface area contributed by atoms with Crippen LogP contribution in [0.4, 0.5) is 0 Å². The normalized spacial score (nSPS) is 14.7. The first-order valence-corrected chi connectivity index (χ1v) is 3.43. The van der Waals surface area contributed by atoms with Gasteiger partial charge < -0.3 is 0 Å². The van der Waals surface area contributed by atoms with Crippen molar-refractivity contribution in [3.63, 3.8) is 0 Å². The Morgan fingerprint density at radius 2 is 1.25 bits per heavy atom. The van der Waals surface area contributed by atoms with Gasteiger partial charge >= 0.3 is 21.7 Å². The first-order valence-electron chi connectivity index (χ1n) is 3.43. The van der Waals surface area contributed by atoms with Crippen molar-refractivity contribution < 1.29 is 21.7 Å². The van der Waals surface area contributed by atoms with Crippen LogP contribution in [0.15, 0.2) is 36.5 Å². The van der Waals surface area contributed by atoms with Crippen molar-refractivity contribution >= 4 is 17.0 Å². The minimum absolute atomic E-state index is 0. The van der Waals surface area contributed by atoms with Crippen LogP contribution in [0.2, 0.25) is 0 Å². The molecular formula is C10H11BrTi. The molecule has 2 aliphatic rings. The van der Waals surface area contributed by atoms with E-state index < -0.39 is 0 Å². The molecule has 0 aromatic carbocycles. The van der Waals surface area contributed by atoms with E-state index in [1.165, 1.54) is 0 Å². The number of halogens is 1. The maximum atomic E-state index is 2.99. The van der Waals surface area contributed by atoms with Crippen LogP contribution in [0.25, 0.3) is 0 Å². The van der Waals surface area contributed by atoms with Crippen molar-refractivity contribution in [2.75, 3.05) is 0 Å². The molecule has 0 aromatic rings. The van der Waals surface area contributed by atoms with Crippen molar-refractivity contribution in [3.05, 3.63) is 48.6 Å². The zero-order valence-electron chi connectivity index (χ0n) is 6.79. The molecule has 0 unspecified atom stereocenters. The second-order valence-electron chi connectivity index (χ2n) is 2.01. The molecule has 0 aliphatic heterocycles. The molecule has 0 radical (unpaired) electrons. The second-order valence-corrected chi connectivity index (χ2v) is 2.01. The third-order valence-corrected chi connectivity index (χ3v) is 1.17. The molecule has 0 fully saturated rings. The fourth-order valence-electron chi connectivity index (χ4n) is 0.680. The van der Waals surface area contributed by atoms with Crippen molar-refractivity contribution in [2.45, 2.75) is 12.8 Å². The van der Waals surface area contributed by atoms with Crippen molar-refractivity contribution in [2.24, 2.45) is 0 Å². The second kappa shape index (κ2) is 11.2. The van der Waals surface area contributed by atoms with E-state index in [9.17, 15) is 0 Å². The third kappa shape index (κ3) is 8.25. The van der Waals surface area contributed by atoms with E-state index in [1.807, 2.05) is 24.3 Å². The fourth-order valence-corrected chi connectivity index (χ4v) is 0.680. The molecule has 0 heterocycles. The predicted molar refractivity (Wildman–Crippen MR) is 53.5 cm³/mol. The Morgan fingerprint density at radius 3 is 1.33 bits per heavy atom. The van der Waals surface area contributed by atoms with E-state index >= 15 is 0 Å². The number of allylic oxidation sites excluding steroid dienone is 8. The zero-order chi connectivity index (χ0) is 7.07. The van der Waals surface area contributed by atoms with Gasteiger partial charge in [0.25, 0.3) is 0 Å². The van der Waals surface area contributed by atoms with Gasteiger partial charge in [0, 0.05) is 0 Å². The molecule has 0 saturated carbocycles. The van der Waals surface area contributed by atoms with Gasteiger partial charge in [-0.1, -0.05) is 0 Å². The van der Waals surface area contributed by atoms with Crippen LogP contribution < -0.4 is 0 Å². The molecule has 0 nitrogen and oxygen atoms in total. The van der Waals surface area contributed by atoms with Gasteiger partial charge in [-0.25, -0.2) is 24.3 Å². The van der Waals surface area contributed by atoms with E-state index in [-0.39, 0.29) is 38.7 Å². The standard InChI is InChI=1S/2C5H5.BrH.Ti/c2*1-2-4-5-3-1;;/h2*1-3H,4H2;1H;/q2*-1;;+2. The largest absolute Gasteiger partial charge is 2.00 e. The van der Waals surface area contributed by atoms with E-state index in [1.54, 1.807) is 0 Å². The minimum atomic E-state index is 0. The number of rotatable bonds is 0. The van der Waals surface area contributed by atoms with E-state index in [4.69, 9.17) is 0 Å². The molecule has 0 saturated heterocycles. The summed E-state index contributed by atoms with van der Waals surface area (Å²) < 4.78 is 0. The minimum Gasteiger partial charge on any atom is -0.273 e. The van der Waals surface area contributed by atoms with Gasteiger partial charge in [-0.05, 0) is 0 Å². The van der Waals surface area contributed by atoms with Gasteiger partial charge in [0.1, 0.15) is 0 Å². The number of hydrogen-bond acceptors (Lipinski definition) is 0. The van der Waals surface area contributed by atoms with Crippen LogP contribution in [0.5, 0.6) is 0 Å². The molecule has 2 aliphatic carbocycles. The molecule has 0 amide bonds. The van der Waals surface area contributed by atoms with Gasteiger partial charge in [0.2, 0.25) is 0 Å². The first-order chi connectivity index (χ1) is 5.00. The Bertz CT molecular complexity index is 148. The molecule has 2 rings (SSSR count). The molecule has 0 spiro atoms. The average molecular weight is 259 g/mol. The molecule has 2 heteroatoms. The Balaban J connectivity index is 0. The predicted octanol–water partition coefficient (Wildman–Crippen LogP) is 3.19. The van der Waals surface area contributed by atoms with E-state index in [2.05, 4.69) is 24.3 Å². The first kappa shape index (κ1) is 14.7. The Kier molecular flexibility index (Phi) is 13.6. The van der Waals surface area contributed by atoms with Gasteiger partial charge in [-0.2, -0.15) is 12.2 Å². The summed E-state index contributed by atoms with van der Waals surface area (Å²) >= 11 is 0. The molecule has 0 N–H and O–H groups in total. The summed E-state index contributed by atoms with van der Waals surface area (Å²) in [4.78, 5) is 0. The topological polar surface area (TPSA) is 0 Å². The Morgan fingerprint density at radius 1 is 0.833 bits per heavy atom. The quantitative estimate of drug-likeness (QED) is 0.463. The maximum absolute atomic E-state index is 2.99. The van der Waals surface area contributed by atoms with Gasteiger partial charge in [-0.15, -0.1) is 29.8 Å². The average Bonchev–Trinajstić information content (AvgIpc) is 2.67. The Labute approximate surface area is 99.8 Å². The molecule has 0 bridgehead atoms. The van der Waals surface area contributed by atoms with Crippen molar-refractivity contribution in [1.82, 2.24) is 0 Å². The van der Waals surface area contributed by atoms with Crippen molar-refractivity contribution in [1.29, 1.82) is 0 Å². The van der Waals surface area contributed by atoms with Crippen LogP contribution in [0.1, 0.15) is 12.8 Å². The van der Waals surface area contributed by atoms with Crippen LogP contribution >= 0.6 is 17.0 Å². The SMILES string of the molecule is Br.[C-]1=CC=CC1.[C-]1=CC=CC1.[Ti+2]. The molecule has 0 atom stereocenters. The zero-order valence-corrected chi connectivity index (χ0v) is 10.1.